The van der Waals surface area contributed by atoms with Crippen LogP contribution in [0.5, 0.6) is 5.75 Å². The molecule has 0 saturated carbocycles. The molecule has 86 valence electrons. The molecule has 1 aromatic rings. The van der Waals surface area contributed by atoms with Gasteiger partial charge in [0.25, 0.3) is 0 Å². The lowest BCUT2D eigenvalue weighted by molar-refractivity contribution is 0.122. The molecule has 2 N–H and O–H groups in total. The van der Waals surface area contributed by atoms with Crippen LogP contribution in [0.4, 0.5) is 0 Å². The minimum absolute atomic E-state index is 0. The number of halogens is 3. The van der Waals surface area contributed by atoms with E-state index >= 15 is 0 Å². The highest BCUT2D eigenvalue weighted by molar-refractivity contribution is 6.42. The van der Waals surface area contributed by atoms with Gasteiger partial charge in [0.15, 0.2) is 0 Å². The van der Waals surface area contributed by atoms with Crippen molar-refractivity contribution in [2.24, 2.45) is 5.90 Å². The molecule has 3 nitrogen and oxygen atoms in total. The van der Waals surface area contributed by atoms with Crippen molar-refractivity contribution in [1.29, 1.82) is 0 Å². The summed E-state index contributed by atoms with van der Waals surface area (Å²) in [4.78, 5) is 4.40. The van der Waals surface area contributed by atoms with E-state index < -0.39 is 0 Å². The second kappa shape index (κ2) is 8.02. The maximum absolute atomic E-state index is 5.80. The zero-order valence-corrected chi connectivity index (χ0v) is 10.2. The zero-order chi connectivity index (χ0) is 10.4. The molecule has 0 unspecified atom stereocenters. The van der Waals surface area contributed by atoms with E-state index in [1.807, 2.05) is 0 Å². The standard InChI is InChI=1S/C9H11Cl2NO2.ClH/c10-8-3-2-7(6-9(8)11)13-4-1-5-14-12;/h2-3,6H,1,4-5,12H2;1H. The van der Waals surface area contributed by atoms with Crippen molar-refractivity contribution >= 4 is 35.6 Å². The molecule has 0 bridgehead atoms. The number of ether oxygens (including phenoxy) is 1. The number of hydrogen-bond acceptors (Lipinski definition) is 3. The molecule has 0 heterocycles. The van der Waals surface area contributed by atoms with Crippen LogP contribution < -0.4 is 10.6 Å². The van der Waals surface area contributed by atoms with Crippen LogP contribution in [-0.2, 0) is 4.84 Å². The van der Waals surface area contributed by atoms with E-state index in [0.29, 0.717) is 29.0 Å². The monoisotopic (exact) mass is 271 g/mol. The Morgan fingerprint density at radius 2 is 1.87 bits per heavy atom. The largest absolute Gasteiger partial charge is 0.493 e. The van der Waals surface area contributed by atoms with Crippen LogP contribution in [-0.4, -0.2) is 13.2 Å². The van der Waals surface area contributed by atoms with Crippen molar-refractivity contribution in [3.63, 3.8) is 0 Å². The van der Waals surface area contributed by atoms with Gasteiger partial charge in [0.2, 0.25) is 0 Å². The molecule has 0 aliphatic heterocycles. The molecular weight excluding hydrogens is 260 g/mol. The summed E-state index contributed by atoms with van der Waals surface area (Å²) < 4.78 is 5.37. The average Bonchev–Trinajstić information content (AvgIpc) is 2.18. The summed E-state index contributed by atoms with van der Waals surface area (Å²) in [5.74, 6) is 5.55. The van der Waals surface area contributed by atoms with Gasteiger partial charge >= 0.3 is 0 Å². The summed E-state index contributed by atoms with van der Waals surface area (Å²) in [5, 5.41) is 1.00. The van der Waals surface area contributed by atoms with Gasteiger partial charge in [-0.05, 0) is 12.1 Å². The fraction of sp³-hybridized carbons (Fsp3) is 0.333. The van der Waals surface area contributed by atoms with Gasteiger partial charge in [-0.1, -0.05) is 23.2 Å². The van der Waals surface area contributed by atoms with Crippen molar-refractivity contribution < 1.29 is 9.57 Å². The minimum atomic E-state index is 0. The molecular formula is C9H12Cl3NO2. The molecule has 0 spiro atoms. The molecule has 0 saturated heterocycles. The van der Waals surface area contributed by atoms with Gasteiger partial charge < -0.3 is 9.57 Å². The highest BCUT2D eigenvalue weighted by Crippen LogP contribution is 2.26. The van der Waals surface area contributed by atoms with E-state index in [2.05, 4.69) is 4.84 Å². The van der Waals surface area contributed by atoms with Gasteiger partial charge in [0, 0.05) is 12.5 Å². The van der Waals surface area contributed by atoms with Crippen molar-refractivity contribution in [1.82, 2.24) is 0 Å². The molecule has 0 amide bonds. The fourth-order valence-electron chi connectivity index (χ4n) is 0.899. The zero-order valence-electron chi connectivity index (χ0n) is 7.91. The predicted molar refractivity (Wildman–Crippen MR) is 64.0 cm³/mol. The van der Waals surface area contributed by atoms with Gasteiger partial charge in [0.05, 0.1) is 23.3 Å². The van der Waals surface area contributed by atoms with E-state index in [-0.39, 0.29) is 12.4 Å². The summed E-state index contributed by atoms with van der Waals surface area (Å²) in [6, 6.07) is 5.13. The van der Waals surface area contributed by atoms with Gasteiger partial charge in [-0.2, -0.15) is 0 Å². The number of rotatable bonds is 5. The predicted octanol–water partition coefficient (Wildman–Crippen LogP) is 3.07. The van der Waals surface area contributed by atoms with Crippen molar-refractivity contribution in [2.75, 3.05) is 13.2 Å². The molecule has 0 aliphatic rings. The minimum Gasteiger partial charge on any atom is -0.493 e. The summed E-state index contributed by atoms with van der Waals surface area (Å²) >= 11 is 11.5. The molecule has 0 fully saturated rings. The normalized spacial score (nSPS) is 9.53. The van der Waals surface area contributed by atoms with Crippen LogP contribution >= 0.6 is 35.6 Å². The second-order valence-corrected chi connectivity index (χ2v) is 3.46. The van der Waals surface area contributed by atoms with E-state index in [0.717, 1.165) is 6.42 Å². The van der Waals surface area contributed by atoms with Crippen LogP contribution in [0.3, 0.4) is 0 Å². The Bertz CT molecular complexity index is 297. The number of nitrogens with two attached hydrogens (primary N) is 1. The van der Waals surface area contributed by atoms with Crippen molar-refractivity contribution in [3.05, 3.63) is 28.2 Å². The number of benzene rings is 1. The lowest BCUT2D eigenvalue weighted by Crippen LogP contribution is -2.06. The Hall–Kier alpha value is -0.190. The third kappa shape index (κ3) is 5.44. The van der Waals surface area contributed by atoms with Crippen LogP contribution in [0, 0.1) is 0 Å². The molecule has 1 rings (SSSR count). The first kappa shape index (κ1) is 14.8. The summed E-state index contributed by atoms with van der Waals surface area (Å²) in [5.41, 5.74) is 0. The SMILES string of the molecule is Cl.NOCCCOc1ccc(Cl)c(Cl)c1. The van der Waals surface area contributed by atoms with Gasteiger partial charge in [0.1, 0.15) is 5.75 Å². The molecule has 0 aliphatic carbocycles. The molecule has 0 radical (unpaired) electrons. The molecule has 1 aromatic carbocycles. The summed E-state index contributed by atoms with van der Waals surface area (Å²) in [7, 11) is 0. The molecule has 15 heavy (non-hydrogen) atoms. The van der Waals surface area contributed by atoms with Gasteiger partial charge in [-0.25, -0.2) is 5.90 Å². The summed E-state index contributed by atoms with van der Waals surface area (Å²) in [6.45, 7) is 1.01. The first-order valence-electron chi connectivity index (χ1n) is 4.13. The Morgan fingerprint density at radius 3 is 2.47 bits per heavy atom. The first-order chi connectivity index (χ1) is 6.74. The maximum Gasteiger partial charge on any atom is 0.120 e. The van der Waals surface area contributed by atoms with Gasteiger partial charge in [-0.3, -0.25) is 0 Å². The number of hydrogen-bond donors (Lipinski definition) is 1. The third-order valence-electron chi connectivity index (χ3n) is 1.57. The average molecular weight is 273 g/mol. The Kier molecular flexibility index (Phi) is 7.92. The lowest BCUT2D eigenvalue weighted by Gasteiger charge is -2.06. The van der Waals surface area contributed by atoms with E-state index in [4.69, 9.17) is 33.8 Å². The smallest absolute Gasteiger partial charge is 0.120 e. The summed E-state index contributed by atoms with van der Waals surface area (Å²) in [6.07, 6.45) is 0.733. The van der Waals surface area contributed by atoms with E-state index in [1.54, 1.807) is 18.2 Å². The van der Waals surface area contributed by atoms with Crippen LogP contribution in [0.1, 0.15) is 6.42 Å². The van der Waals surface area contributed by atoms with Gasteiger partial charge in [-0.15, -0.1) is 12.4 Å². The molecule has 6 heteroatoms. The van der Waals surface area contributed by atoms with Crippen molar-refractivity contribution in [3.8, 4) is 5.75 Å². The Balaban J connectivity index is 0.00000196. The first-order valence-corrected chi connectivity index (χ1v) is 4.89. The topological polar surface area (TPSA) is 44.5 Å². The molecule has 0 aromatic heterocycles. The lowest BCUT2D eigenvalue weighted by atomic mass is 10.3. The van der Waals surface area contributed by atoms with E-state index in [9.17, 15) is 0 Å². The molecule has 0 atom stereocenters. The van der Waals surface area contributed by atoms with Crippen molar-refractivity contribution in [2.45, 2.75) is 6.42 Å². The van der Waals surface area contributed by atoms with Crippen LogP contribution in [0.15, 0.2) is 18.2 Å². The highest BCUT2D eigenvalue weighted by Gasteiger charge is 1.99. The second-order valence-electron chi connectivity index (χ2n) is 2.65. The highest BCUT2D eigenvalue weighted by atomic mass is 35.5. The quantitative estimate of drug-likeness (QED) is 0.662. The fourth-order valence-corrected chi connectivity index (χ4v) is 1.19. The van der Waals surface area contributed by atoms with Crippen LogP contribution in [0.25, 0.3) is 0 Å². The third-order valence-corrected chi connectivity index (χ3v) is 2.31. The Morgan fingerprint density at radius 1 is 1.13 bits per heavy atom. The maximum atomic E-state index is 5.80. The van der Waals surface area contributed by atoms with E-state index in [1.165, 1.54) is 0 Å². The Labute approximate surface area is 105 Å². The van der Waals surface area contributed by atoms with Crippen LogP contribution in [0.2, 0.25) is 10.0 Å².